The first-order chi connectivity index (χ1) is 9.22. The summed E-state index contributed by atoms with van der Waals surface area (Å²) in [5.41, 5.74) is 7.69. The number of ether oxygens (including phenoxy) is 1. The smallest absolute Gasteiger partial charge is 0.124 e. The zero-order valence-electron chi connectivity index (χ0n) is 11.7. The zero-order valence-corrected chi connectivity index (χ0v) is 13.3. The van der Waals surface area contributed by atoms with E-state index in [2.05, 4.69) is 22.0 Å². The quantitative estimate of drug-likeness (QED) is 0.805. The highest BCUT2D eigenvalue weighted by Crippen LogP contribution is 2.37. The Labute approximate surface area is 124 Å². The Morgan fingerprint density at radius 1 is 1.26 bits per heavy atom. The molecule has 2 nitrogen and oxygen atoms in total. The highest BCUT2D eigenvalue weighted by atomic mass is 79.9. The van der Waals surface area contributed by atoms with Crippen molar-refractivity contribution in [2.45, 2.75) is 51.5 Å². The summed E-state index contributed by atoms with van der Waals surface area (Å²) in [6, 6.07) is 6.27. The molecule has 1 aromatic rings. The van der Waals surface area contributed by atoms with Gasteiger partial charge in [0.1, 0.15) is 5.75 Å². The molecule has 1 aliphatic carbocycles. The van der Waals surface area contributed by atoms with Crippen molar-refractivity contribution in [1.29, 1.82) is 0 Å². The summed E-state index contributed by atoms with van der Waals surface area (Å²) in [5.74, 6) is 1.54. The molecule has 1 aromatic carbocycles. The third-order valence-corrected chi connectivity index (χ3v) is 4.53. The van der Waals surface area contributed by atoms with Crippen LogP contribution in [0, 0.1) is 5.92 Å². The van der Waals surface area contributed by atoms with Crippen LogP contribution in [-0.4, -0.2) is 6.61 Å². The first kappa shape index (κ1) is 14.9. The Bertz CT molecular complexity index is 400. The highest BCUT2D eigenvalue weighted by molar-refractivity contribution is 9.10. The molecule has 0 bridgehead atoms. The van der Waals surface area contributed by atoms with Crippen molar-refractivity contribution in [1.82, 2.24) is 0 Å². The van der Waals surface area contributed by atoms with E-state index in [0.29, 0.717) is 12.5 Å². The third kappa shape index (κ3) is 3.96. The molecule has 19 heavy (non-hydrogen) atoms. The lowest BCUT2D eigenvalue weighted by atomic mass is 9.87. The van der Waals surface area contributed by atoms with Gasteiger partial charge in [0.05, 0.1) is 6.61 Å². The maximum absolute atomic E-state index is 6.54. The molecule has 2 N–H and O–H groups in total. The number of hydrogen-bond donors (Lipinski definition) is 1. The molecule has 1 aliphatic rings. The van der Waals surface area contributed by atoms with E-state index in [1.165, 1.54) is 38.5 Å². The fraction of sp³-hybridized carbons (Fsp3) is 0.625. The molecule has 2 rings (SSSR count). The predicted molar refractivity (Wildman–Crippen MR) is 83.4 cm³/mol. The second-order valence-electron chi connectivity index (χ2n) is 5.39. The van der Waals surface area contributed by atoms with E-state index in [-0.39, 0.29) is 6.04 Å². The molecule has 0 aromatic heterocycles. The van der Waals surface area contributed by atoms with Crippen LogP contribution in [-0.2, 0) is 0 Å². The molecule has 3 heteroatoms. The Morgan fingerprint density at radius 3 is 2.58 bits per heavy atom. The molecule has 1 unspecified atom stereocenters. The third-order valence-electron chi connectivity index (χ3n) is 4.04. The van der Waals surface area contributed by atoms with Crippen molar-refractivity contribution in [2.75, 3.05) is 6.61 Å². The first-order valence-electron chi connectivity index (χ1n) is 7.40. The second kappa shape index (κ2) is 7.30. The topological polar surface area (TPSA) is 35.2 Å². The maximum Gasteiger partial charge on any atom is 0.124 e. The average molecular weight is 326 g/mol. The van der Waals surface area contributed by atoms with Gasteiger partial charge in [-0.1, -0.05) is 41.6 Å². The van der Waals surface area contributed by atoms with E-state index in [4.69, 9.17) is 10.5 Å². The molecular formula is C16H24BrNO. The van der Waals surface area contributed by atoms with E-state index >= 15 is 0 Å². The van der Waals surface area contributed by atoms with Gasteiger partial charge < -0.3 is 10.5 Å². The molecule has 0 amide bonds. The zero-order chi connectivity index (χ0) is 13.7. The summed E-state index contributed by atoms with van der Waals surface area (Å²) in [4.78, 5) is 0. The molecule has 1 atom stereocenters. The van der Waals surface area contributed by atoms with Gasteiger partial charge in [-0.25, -0.2) is 0 Å². The van der Waals surface area contributed by atoms with Gasteiger partial charge in [-0.05, 0) is 43.9 Å². The minimum absolute atomic E-state index is 0.0946. The van der Waals surface area contributed by atoms with Gasteiger partial charge in [-0.15, -0.1) is 0 Å². The highest BCUT2D eigenvalue weighted by Gasteiger charge is 2.23. The van der Waals surface area contributed by atoms with Crippen molar-refractivity contribution in [3.63, 3.8) is 0 Å². The number of nitrogens with two attached hydrogens (primary N) is 1. The molecule has 0 saturated heterocycles. The molecule has 0 spiro atoms. The lowest BCUT2D eigenvalue weighted by Crippen LogP contribution is -2.22. The fourth-order valence-electron chi connectivity index (χ4n) is 2.99. The number of halogens is 1. The number of benzene rings is 1. The Balaban J connectivity index is 2.20. The summed E-state index contributed by atoms with van der Waals surface area (Å²) < 4.78 is 6.81. The largest absolute Gasteiger partial charge is 0.494 e. The van der Waals surface area contributed by atoms with E-state index in [0.717, 1.165) is 15.8 Å². The summed E-state index contributed by atoms with van der Waals surface area (Å²) in [6.07, 6.45) is 7.85. The summed E-state index contributed by atoms with van der Waals surface area (Å²) >= 11 is 3.54. The van der Waals surface area contributed by atoms with Crippen molar-refractivity contribution < 1.29 is 4.74 Å². The van der Waals surface area contributed by atoms with E-state index in [1.54, 1.807) is 0 Å². The fourth-order valence-corrected chi connectivity index (χ4v) is 3.37. The second-order valence-corrected chi connectivity index (χ2v) is 6.31. The van der Waals surface area contributed by atoms with Crippen LogP contribution in [0.4, 0.5) is 0 Å². The van der Waals surface area contributed by atoms with Gasteiger partial charge >= 0.3 is 0 Å². The van der Waals surface area contributed by atoms with Gasteiger partial charge in [0, 0.05) is 16.1 Å². The van der Waals surface area contributed by atoms with Crippen molar-refractivity contribution in [2.24, 2.45) is 11.7 Å². The number of hydrogen-bond acceptors (Lipinski definition) is 2. The van der Waals surface area contributed by atoms with E-state index < -0.39 is 0 Å². The van der Waals surface area contributed by atoms with Gasteiger partial charge in [0.25, 0.3) is 0 Å². The predicted octanol–water partition coefficient (Wildman–Crippen LogP) is 4.82. The molecule has 1 saturated carbocycles. The average Bonchev–Trinajstić information content (AvgIpc) is 2.69. The minimum atomic E-state index is 0.0946. The molecule has 106 valence electrons. The van der Waals surface area contributed by atoms with Crippen LogP contribution >= 0.6 is 15.9 Å². The van der Waals surface area contributed by atoms with E-state index in [9.17, 15) is 0 Å². The van der Waals surface area contributed by atoms with Gasteiger partial charge in [-0.2, -0.15) is 0 Å². The summed E-state index contributed by atoms with van der Waals surface area (Å²) in [6.45, 7) is 2.70. The molecule has 0 heterocycles. The Kier molecular flexibility index (Phi) is 5.71. The number of rotatable bonds is 4. The van der Waals surface area contributed by atoms with Crippen LogP contribution in [0.2, 0.25) is 0 Å². The van der Waals surface area contributed by atoms with Crippen LogP contribution in [0.1, 0.15) is 57.1 Å². The SMILES string of the molecule is CCOc1ccc(Br)cc1C(N)C1CCCCCC1. The van der Waals surface area contributed by atoms with Crippen LogP contribution in [0.5, 0.6) is 5.75 Å². The first-order valence-corrected chi connectivity index (χ1v) is 8.19. The molecular weight excluding hydrogens is 302 g/mol. The maximum atomic E-state index is 6.54. The minimum Gasteiger partial charge on any atom is -0.494 e. The normalized spacial score (nSPS) is 18.9. The van der Waals surface area contributed by atoms with Crippen molar-refractivity contribution >= 4 is 15.9 Å². The lowest BCUT2D eigenvalue weighted by molar-refractivity contribution is 0.320. The summed E-state index contributed by atoms with van der Waals surface area (Å²) in [7, 11) is 0. The van der Waals surface area contributed by atoms with Crippen LogP contribution in [0.3, 0.4) is 0 Å². The Morgan fingerprint density at radius 2 is 1.95 bits per heavy atom. The standard InChI is InChI=1S/C16H24BrNO/c1-2-19-15-10-9-13(17)11-14(15)16(18)12-7-5-3-4-6-8-12/h9-12,16H,2-8,18H2,1H3. The monoisotopic (exact) mass is 325 g/mol. The van der Waals surface area contributed by atoms with Crippen LogP contribution in [0.15, 0.2) is 22.7 Å². The molecule has 0 aliphatic heterocycles. The summed E-state index contributed by atoms with van der Waals surface area (Å²) in [5, 5.41) is 0. The van der Waals surface area contributed by atoms with Gasteiger partial charge in [-0.3, -0.25) is 0 Å². The van der Waals surface area contributed by atoms with Gasteiger partial charge in [0.2, 0.25) is 0 Å². The Hall–Kier alpha value is -0.540. The lowest BCUT2D eigenvalue weighted by Gasteiger charge is -2.25. The van der Waals surface area contributed by atoms with Crippen LogP contribution < -0.4 is 10.5 Å². The van der Waals surface area contributed by atoms with Gasteiger partial charge in [0.15, 0.2) is 0 Å². The van der Waals surface area contributed by atoms with Crippen molar-refractivity contribution in [3.8, 4) is 5.75 Å². The van der Waals surface area contributed by atoms with Crippen molar-refractivity contribution in [3.05, 3.63) is 28.2 Å². The molecule has 1 fully saturated rings. The van der Waals surface area contributed by atoms with E-state index in [1.807, 2.05) is 19.1 Å². The van der Waals surface area contributed by atoms with Crippen LogP contribution in [0.25, 0.3) is 0 Å². The molecule has 0 radical (unpaired) electrons.